The Morgan fingerprint density at radius 3 is 2.32 bits per heavy atom. The summed E-state index contributed by atoms with van der Waals surface area (Å²) >= 11 is 0. The standard InChI is InChI=1S/C25H27N3O3/c1-25(2,3)21-7-9-22(10-8-21)30-15-16-31-23-6-4-5-19(17-23)18-27-28-24(29)20-11-13-26-14-12-20/h4-14,17-18H,15-16H2,1-3H3,(H,28,29). The van der Waals surface area contributed by atoms with Crippen molar-refractivity contribution in [2.24, 2.45) is 5.10 Å². The van der Waals surface area contributed by atoms with E-state index in [0.717, 1.165) is 11.3 Å². The van der Waals surface area contributed by atoms with Crippen LogP contribution in [0.5, 0.6) is 11.5 Å². The molecule has 0 spiro atoms. The molecule has 1 amide bonds. The van der Waals surface area contributed by atoms with E-state index in [4.69, 9.17) is 9.47 Å². The molecule has 3 aromatic rings. The summed E-state index contributed by atoms with van der Waals surface area (Å²) in [5.74, 6) is 1.23. The van der Waals surface area contributed by atoms with Gasteiger partial charge < -0.3 is 9.47 Å². The van der Waals surface area contributed by atoms with Gasteiger partial charge in [-0.1, -0.05) is 45.0 Å². The maximum absolute atomic E-state index is 12.0. The number of hydrogen-bond acceptors (Lipinski definition) is 5. The summed E-state index contributed by atoms with van der Waals surface area (Å²) in [7, 11) is 0. The van der Waals surface area contributed by atoms with E-state index in [2.05, 4.69) is 48.4 Å². The number of nitrogens with one attached hydrogen (secondary N) is 1. The second-order valence-corrected chi connectivity index (χ2v) is 7.98. The van der Waals surface area contributed by atoms with Crippen molar-refractivity contribution in [3.05, 3.63) is 89.7 Å². The Morgan fingerprint density at radius 1 is 0.968 bits per heavy atom. The topological polar surface area (TPSA) is 72.8 Å². The normalized spacial score (nSPS) is 11.3. The van der Waals surface area contributed by atoms with E-state index in [1.165, 1.54) is 5.56 Å². The Morgan fingerprint density at radius 2 is 1.65 bits per heavy atom. The van der Waals surface area contributed by atoms with Gasteiger partial charge in [0.15, 0.2) is 0 Å². The van der Waals surface area contributed by atoms with E-state index >= 15 is 0 Å². The van der Waals surface area contributed by atoms with Crippen LogP contribution in [0.4, 0.5) is 0 Å². The van der Waals surface area contributed by atoms with Crippen LogP contribution in [-0.2, 0) is 5.41 Å². The van der Waals surface area contributed by atoms with E-state index in [9.17, 15) is 4.79 Å². The third kappa shape index (κ3) is 6.96. The Kier molecular flexibility index (Phi) is 7.38. The SMILES string of the molecule is CC(C)(C)c1ccc(OCCOc2cccc(C=NNC(=O)c3ccncc3)c2)cc1. The van der Waals surface area contributed by atoms with Gasteiger partial charge in [-0.25, -0.2) is 5.43 Å². The minimum absolute atomic E-state index is 0.123. The summed E-state index contributed by atoms with van der Waals surface area (Å²) in [5, 5.41) is 3.99. The summed E-state index contributed by atoms with van der Waals surface area (Å²) in [5.41, 5.74) is 5.19. The second kappa shape index (κ2) is 10.4. The molecular weight excluding hydrogens is 390 g/mol. The lowest BCUT2D eigenvalue weighted by Crippen LogP contribution is -2.17. The first-order chi connectivity index (χ1) is 14.9. The number of rotatable bonds is 8. The Balaban J connectivity index is 1.44. The van der Waals surface area contributed by atoms with Crippen LogP contribution in [0, 0.1) is 0 Å². The number of amides is 1. The molecule has 1 N–H and O–H groups in total. The maximum atomic E-state index is 12.0. The predicted octanol–water partition coefficient (Wildman–Crippen LogP) is 4.60. The molecule has 0 aliphatic carbocycles. The zero-order valence-electron chi connectivity index (χ0n) is 18.0. The number of nitrogens with zero attached hydrogens (tertiary/aromatic N) is 2. The number of pyridine rings is 1. The fourth-order valence-corrected chi connectivity index (χ4v) is 2.79. The average Bonchev–Trinajstić information content (AvgIpc) is 2.77. The molecule has 0 radical (unpaired) electrons. The molecule has 0 atom stereocenters. The summed E-state index contributed by atoms with van der Waals surface area (Å²) in [6.45, 7) is 7.41. The van der Waals surface area contributed by atoms with Crippen molar-refractivity contribution in [1.82, 2.24) is 10.4 Å². The van der Waals surface area contributed by atoms with Crippen LogP contribution in [0.2, 0.25) is 0 Å². The number of benzene rings is 2. The number of carbonyl (C=O) groups is 1. The number of hydrogen-bond donors (Lipinski definition) is 1. The fourth-order valence-electron chi connectivity index (χ4n) is 2.79. The van der Waals surface area contributed by atoms with E-state index in [0.29, 0.717) is 24.5 Å². The highest BCUT2D eigenvalue weighted by atomic mass is 16.5. The predicted molar refractivity (Wildman–Crippen MR) is 122 cm³/mol. The zero-order chi connectivity index (χ0) is 22.1. The van der Waals surface area contributed by atoms with Crippen LogP contribution < -0.4 is 14.9 Å². The van der Waals surface area contributed by atoms with Gasteiger partial charge in [0.05, 0.1) is 6.21 Å². The first-order valence-corrected chi connectivity index (χ1v) is 10.1. The van der Waals surface area contributed by atoms with Gasteiger partial charge in [-0.15, -0.1) is 0 Å². The molecule has 0 aliphatic heterocycles. The van der Waals surface area contributed by atoms with Crippen molar-refractivity contribution in [3.63, 3.8) is 0 Å². The number of ether oxygens (including phenoxy) is 2. The van der Waals surface area contributed by atoms with Crippen LogP contribution >= 0.6 is 0 Å². The third-order valence-electron chi connectivity index (χ3n) is 4.52. The Labute approximate surface area is 182 Å². The van der Waals surface area contributed by atoms with Gasteiger partial charge in [-0.3, -0.25) is 9.78 Å². The average molecular weight is 418 g/mol. The second-order valence-electron chi connectivity index (χ2n) is 7.98. The van der Waals surface area contributed by atoms with Gasteiger partial charge in [0, 0.05) is 18.0 Å². The van der Waals surface area contributed by atoms with Gasteiger partial charge in [-0.2, -0.15) is 5.10 Å². The van der Waals surface area contributed by atoms with Crippen LogP contribution in [0.1, 0.15) is 42.3 Å². The number of carbonyl (C=O) groups excluding carboxylic acids is 1. The quantitative estimate of drug-likeness (QED) is 0.330. The van der Waals surface area contributed by atoms with Crippen LogP contribution in [0.25, 0.3) is 0 Å². The van der Waals surface area contributed by atoms with Gasteiger partial charge in [0.2, 0.25) is 0 Å². The minimum atomic E-state index is -0.293. The zero-order valence-corrected chi connectivity index (χ0v) is 18.0. The summed E-state index contributed by atoms with van der Waals surface area (Å²) < 4.78 is 11.5. The fraction of sp³-hybridized carbons (Fsp3) is 0.240. The van der Waals surface area contributed by atoms with Crippen molar-refractivity contribution in [2.45, 2.75) is 26.2 Å². The highest BCUT2D eigenvalue weighted by molar-refractivity contribution is 5.94. The summed E-state index contributed by atoms with van der Waals surface area (Å²) in [6, 6.07) is 18.9. The lowest BCUT2D eigenvalue weighted by molar-refractivity contribution is 0.0955. The van der Waals surface area contributed by atoms with Crippen molar-refractivity contribution >= 4 is 12.1 Å². The van der Waals surface area contributed by atoms with E-state index in [1.54, 1.807) is 30.7 Å². The number of hydrazone groups is 1. The molecule has 6 heteroatoms. The van der Waals surface area contributed by atoms with Crippen molar-refractivity contribution < 1.29 is 14.3 Å². The van der Waals surface area contributed by atoms with Gasteiger partial charge >= 0.3 is 0 Å². The maximum Gasteiger partial charge on any atom is 0.271 e. The van der Waals surface area contributed by atoms with Crippen LogP contribution in [0.3, 0.4) is 0 Å². The smallest absolute Gasteiger partial charge is 0.271 e. The lowest BCUT2D eigenvalue weighted by Gasteiger charge is -2.19. The molecule has 0 aliphatic rings. The molecule has 1 heterocycles. The molecule has 0 unspecified atom stereocenters. The van der Waals surface area contributed by atoms with Gasteiger partial charge in [-0.05, 0) is 52.9 Å². The molecule has 160 valence electrons. The first-order valence-electron chi connectivity index (χ1n) is 10.1. The highest BCUT2D eigenvalue weighted by Gasteiger charge is 2.12. The van der Waals surface area contributed by atoms with E-state index in [1.807, 2.05) is 36.4 Å². The molecule has 0 saturated carbocycles. The van der Waals surface area contributed by atoms with E-state index < -0.39 is 0 Å². The molecular formula is C25H27N3O3. The molecule has 3 rings (SSSR count). The molecule has 0 bridgehead atoms. The number of aromatic nitrogens is 1. The molecule has 2 aromatic carbocycles. The Hall–Kier alpha value is -3.67. The van der Waals surface area contributed by atoms with Crippen molar-refractivity contribution in [1.29, 1.82) is 0 Å². The molecule has 0 saturated heterocycles. The summed E-state index contributed by atoms with van der Waals surface area (Å²) in [6.07, 6.45) is 4.69. The lowest BCUT2D eigenvalue weighted by atomic mass is 9.87. The van der Waals surface area contributed by atoms with Crippen molar-refractivity contribution in [3.8, 4) is 11.5 Å². The van der Waals surface area contributed by atoms with Gasteiger partial charge in [0.25, 0.3) is 5.91 Å². The largest absolute Gasteiger partial charge is 0.490 e. The summed E-state index contributed by atoms with van der Waals surface area (Å²) in [4.78, 5) is 15.9. The molecule has 1 aromatic heterocycles. The Bertz CT molecular complexity index is 1010. The van der Waals surface area contributed by atoms with Crippen LogP contribution in [0.15, 0.2) is 78.2 Å². The molecule has 0 fully saturated rings. The third-order valence-corrected chi connectivity index (χ3v) is 4.52. The van der Waals surface area contributed by atoms with Gasteiger partial charge in [0.1, 0.15) is 24.7 Å². The molecule has 6 nitrogen and oxygen atoms in total. The molecule has 31 heavy (non-hydrogen) atoms. The highest BCUT2D eigenvalue weighted by Crippen LogP contribution is 2.24. The minimum Gasteiger partial charge on any atom is -0.490 e. The van der Waals surface area contributed by atoms with Crippen molar-refractivity contribution in [2.75, 3.05) is 13.2 Å². The van der Waals surface area contributed by atoms with E-state index in [-0.39, 0.29) is 11.3 Å². The monoisotopic (exact) mass is 417 g/mol. The first kappa shape index (κ1) is 22.0. The van der Waals surface area contributed by atoms with Crippen LogP contribution in [-0.4, -0.2) is 30.3 Å².